The molecule has 2 aromatic rings. The Labute approximate surface area is 175 Å². The topological polar surface area (TPSA) is 113 Å². The lowest BCUT2D eigenvalue weighted by Crippen LogP contribution is -2.33. The maximum Gasteiger partial charge on any atom is 0.305 e. The summed E-state index contributed by atoms with van der Waals surface area (Å²) in [6, 6.07) is 10.2. The number of nitrogens with one attached hydrogen (secondary N) is 1. The molecular weight excluding hydrogens is 408 g/mol. The van der Waals surface area contributed by atoms with Gasteiger partial charge < -0.3 is 14.7 Å². The number of ether oxygens (including phenoxy) is 1. The number of sulfonamides is 1. The Hall–Kier alpha value is -2.91. The summed E-state index contributed by atoms with van der Waals surface area (Å²) in [7, 11) is -2.59. The van der Waals surface area contributed by atoms with E-state index in [0.29, 0.717) is 23.4 Å². The highest BCUT2D eigenvalue weighted by atomic mass is 32.2. The van der Waals surface area contributed by atoms with E-state index in [4.69, 9.17) is 4.74 Å². The van der Waals surface area contributed by atoms with E-state index in [1.807, 2.05) is 6.92 Å². The second kappa shape index (κ2) is 8.45. The Balaban J connectivity index is 1.95. The number of carbonyl (C=O) groups excluding carboxylic acids is 1. The fourth-order valence-corrected chi connectivity index (χ4v) is 5.12. The van der Waals surface area contributed by atoms with Crippen molar-refractivity contribution in [2.45, 2.75) is 43.7 Å². The molecule has 1 amide bonds. The van der Waals surface area contributed by atoms with Gasteiger partial charge in [-0.1, -0.05) is 18.2 Å². The smallest absolute Gasteiger partial charge is 0.305 e. The van der Waals surface area contributed by atoms with Crippen LogP contribution in [0, 0.1) is 0 Å². The summed E-state index contributed by atoms with van der Waals surface area (Å²) in [6.45, 7) is 3.37. The van der Waals surface area contributed by atoms with Gasteiger partial charge in [-0.05, 0) is 43.2 Å². The third kappa shape index (κ3) is 4.31. The van der Waals surface area contributed by atoms with Crippen LogP contribution >= 0.6 is 0 Å². The second-order valence-electron chi connectivity index (χ2n) is 7.25. The third-order valence-corrected chi connectivity index (χ3v) is 6.58. The minimum atomic E-state index is -4.03. The first kappa shape index (κ1) is 21.8. The first-order valence-corrected chi connectivity index (χ1v) is 10.9. The molecule has 0 unspecified atom stereocenters. The van der Waals surface area contributed by atoms with Crippen molar-refractivity contribution in [2.75, 3.05) is 12.0 Å². The van der Waals surface area contributed by atoms with Crippen molar-refractivity contribution in [1.29, 1.82) is 0 Å². The van der Waals surface area contributed by atoms with Crippen molar-refractivity contribution < 1.29 is 27.9 Å². The Bertz CT molecular complexity index is 1080. The standard InChI is InChI=1S/C21H24N2O6S/c1-13-10-15-11-16(8-9-19(15)23(13)14(2)24)30(27,28)22-18(12-21(25)26)17-6-4-5-7-20(17)29-3/h4-9,11,13,18,22H,10,12H2,1-3H3,(H,25,26)/t13-,18-/m0/s1. The normalized spacial score (nSPS) is 16.8. The molecule has 0 aromatic heterocycles. The van der Waals surface area contributed by atoms with Crippen LogP contribution in [-0.4, -0.2) is 38.6 Å². The molecule has 0 spiro atoms. The van der Waals surface area contributed by atoms with Crippen LogP contribution in [0.2, 0.25) is 0 Å². The van der Waals surface area contributed by atoms with E-state index in [1.165, 1.54) is 26.2 Å². The Kier molecular flexibility index (Phi) is 6.14. The molecule has 2 atom stereocenters. The fourth-order valence-electron chi connectivity index (χ4n) is 3.85. The summed E-state index contributed by atoms with van der Waals surface area (Å²) in [4.78, 5) is 24.9. The first-order chi connectivity index (χ1) is 14.1. The predicted octanol–water partition coefficient (Wildman–Crippen LogP) is 2.49. The van der Waals surface area contributed by atoms with E-state index in [2.05, 4.69) is 4.72 Å². The number of para-hydroxylation sites is 1. The molecular formula is C21H24N2O6S. The van der Waals surface area contributed by atoms with Crippen LogP contribution in [0.1, 0.15) is 37.4 Å². The number of hydrogen-bond donors (Lipinski definition) is 2. The van der Waals surface area contributed by atoms with Crippen LogP contribution in [0.5, 0.6) is 5.75 Å². The van der Waals surface area contributed by atoms with Crippen molar-refractivity contribution in [2.24, 2.45) is 0 Å². The molecule has 0 fully saturated rings. The summed E-state index contributed by atoms with van der Waals surface area (Å²) in [6.07, 6.45) is 0.100. The largest absolute Gasteiger partial charge is 0.496 e. The number of aliphatic carboxylic acids is 1. The number of anilines is 1. The molecule has 0 aliphatic carbocycles. The summed E-state index contributed by atoms with van der Waals surface area (Å²) in [5.41, 5.74) is 1.89. The predicted molar refractivity (Wildman–Crippen MR) is 111 cm³/mol. The van der Waals surface area contributed by atoms with E-state index >= 15 is 0 Å². The van der Waals surface area contributed by atoms with Gasteiger partial charge in [-0.15, -0.1) is 0 Å². The van der Waals surface area contributed by atoms with Gasteiger partial charge in [0.15, 0.2) is 0 Å². The van der Waals surface area contributed by atoms with Crippen LogP contribution in [-0.2, 0) is 26.0 Å². The van der Waals surface area contributed by atoms with Crippen LogP contribution in [0.15, 0.2) is 47.4 Å². The van der Waals surface area contributed by atoms with Crippen LogP contribution in [0.25, 0.3) is 0 Å². The zero-order valence-electron chi connectivity index (χ0n) is 17.0. The molecule has 2 aromatic carbocycles. The molecule has 1 heterocycles. The van der Waals surface area contributed by atoms with Crippen LogP contribution in [0.4, 0.5) is 5.69 Å². The van der Waals surface area contributed by atoms with E-state index in [9.17, 15) is 23.1 Å². The number of nitrogens with zero attached hydrogens (tertiary/aromatic N) is 1. The molecule has 0 saturated heterocycles. The summed E-state index contributed by atoms with van der Waals surface area (Å²) in [5, 5.41) is 9.30. The number of carboxylic acids is 1. The first-order valence-electron chi connectivity index (χ1n) is 9.43. The number of hydrogen-bond acceptors (Lipinski definition) is 5. The van der Waals surface area contributed by atoms with E-state index in [-0.39, 0.29) is 16.8 Å². The SMILES string of the molecule is COc1ccccc1[C@H](CC(=O)O)NS(=O)(=O)c1ccc2c(c1)C[C@H](C)N2C(C)=O. The molecule has 8 nitrogen and oxygen atoms in total. The molecule has 0 bridgehead atoms. The maximum absolute atomic E-state index is 13.1. The Morgan fingerprint density at radius 2 is 1.97 bits per heavy atom. The molecule has 1 aliphatic heterocycles. The molecule has 9 heteroatoms. The summed E-state index contributed by atoms with van der Waals surface area (Å²) >= 11 is 0. The molecule has 0 radical (unpaired) electrons. The second-order valence-corrected chi connectivity index (χ2v) is 8.96. The van der Waals surface area contributed by atoms with Gasteiger partial charge in [0.05, 0.1) is 24.5 Å². The molecule has 160 valence electrons. The van der Waals surface area contributed by atoms with Gasteiger partial charge in [0.25, 0.3) is 0 Å². The van der Waals surface area contributed by atoms with Gasteiger partial charge in [-0.2, -0.15) is 0 Å². The van der Waals surface area contributed by atoms with Gasteiger partial charge in [-0.25, -0.2) is 13.1 Å². The van der Waals surface area contributed by atoms with Crippen molar-refractivity contribution >= 4 is 27.6 Å². The van der Waals surface area contributed by atoms with Crippen LogP contribution < -0.4 is 14.4 Å². The maximum atomic E-state index is 13.1. The van der Waals surface area contributed by atoms with Gasteiger partial charge in [-0.3, -0.25) is 9.59 Å². The summed E-state index contributed by atoms with van der Waals surface area (Å²) in [5.74, 6) is -0.854. The molecule has 0 saturated carbocycles. The number of fused-ring (bicyclic) bond motifs is 1. The van der Waals surface area contributed by atoms with Gasteiger partial charge in [0.1, 0.15) is 5.75 Å². The lowest BCUT2D eigenvalue weighted by atomic mass is 10.0. The highest BCUT2D eigenvalue weighted by molar-refractivity contribution is 7.89. The van der Waals surface area contributed by atoms with Crippen molar-refractivity contribution in [3.63, 3.8) is 0 Å². The van der Waals surface area contributed by atoms with E-state index in [0.717, 1.165) is 5.56 Å². The number of rotatable bonds is 7. The lowest BCUT2D eigenvalue weighted by Gasteiger charge is -2.21. The number of amides is 1. The number of methoxy groups -OCH3 is 1. The monoisotopic (exact) mass is 432 g/mol. The molecule has 3 rings (SSSR count). The minimum Gasteiger partial charge on any atom is -0.496 e. The van der Waals surface area contributed by atoms with Gasteiger partial charge >= 0.3 is 5.97 Å². The van der Waals surface area contributed by atoms with Gasteiger partial charge in [0.2, 0.25) is 15.9 Å². The zero-order chi connectivity index (χ0) is 22.1. The van der Waals surface area contributed by atoms with E-state index < -0.39 is 28.5 Å². The molecule has 30 heavy (non-hydrogen) atoms. The Morgan fingerprint density at radius 3 is 2.60 bits per heavy atom. The van der Waals surface area contributed by atoms with Crippen molar-refractivity contribution in [3.8, 4) is 5.75 Å². The summed E-state index contributed by atoms with van der Waals surface area (Å²) < 4.78 is 33.9. The van der Waals surface area contributed by atoms with Crippen molar-refractivity contribution in [3.05, 3.63) is 53.6 Å². The fraction of sp³-hybridized carbons (Fsp3) is 0.333. The van der Waals surface area contributed by atoms with Crippen LogP contribution in [0.3, 0.4) is 0 Å². The van der Waals surface area contributed by atoms with Gasteiger partial charge in [0, 0.05) is 24.2 Å². The zero-order valence-corrected chi connectivity index (χ0v) is 17.8. The Morgan fingerprint density at radius 1 is 1.27 bits per heavy atom. The third-order valence-electron chi connectivity index (χ3n) is 5.11. The van der Waals surface area contributed by atoms with E-state index in [1.54, 1.807) is 35.2 Å². The quantitative estimate of drug-likeness (QED) is 0.695. The molecule has 1 aliphatic rings. The van der Waals surface area contributed by atoms with Crippen molar-refractivity contribution in [1.82, 2.24) is 4.72 Å². The number of benzene rings is 2. The average Bonchev–Trinajstić information content (AvgIpc) is 3.01. The lowest BCUT2D eigenvalue weighted by molar-refractivity contribution is -0.137. The molecule has 2 N–H and O–H groups in total. The average molecular weight is 432 g/mol. The minimum absolute atomic E-state index is 0.0177. The number of carbonyl (C=O) groups is 2. The highest BCUT2D eigenvalue weighted by Crippen LogP contribution is 2.35. The number of carboxylic acid groups (broad SMARTS) is 1. The highest BCUT2D eigenvalue weighted by Gasteiger charge is 2.31.